The number of hydrogen-bond donors (Lipinski definition) is 0. The van der Waals surface area contributed by atoms with Gasteiger partial charge in [-0.15, -0.1) is 0 Å². The zero-order valence-corrected chi connectivity index (χ0v) is 9.68. The van der Waals surface area contributed by atoms with E-state index in [1.54, 1.807) is 30.0 Å². The fraction of sp³-hybridized carbons (Fsp3) is 0.417. The monoisotopic (exact) mass is 234 g/mol. The van der Waals surface area contributed by atoms with Crippen LogP contribution in [0.15, 0.2) is 18.2 Å². The number of ketones is 1. The van der Waals surface area contributed by atoms with Crippen molar-refractivity contribution < 1.29 is 9.72 Å². The average molecular weight is 234 g/mol. The number of nitro benzene ring substituents is 1. The number of aryl methyl sites for hydroxylation is 1. The number of rotatable bonds is 2. The van der Waals surface area contributed by atoms with Gasteiger partial charge in [-0.05, 0) is 19.4 Å². The highest BCUT2D eigenvalue weighted by Gasteiger charge is 2.25. The minimum Gasteiger partial charge on any atom is -0.359 e. The Morgan fingerprint density at radius 2 is 2.18 bits per heavy atom. The van der Waals surface area contributed by atoms with Gasteiger partial charge in [0.15, 0.2) is 5.78 Å². The summed E-state index contributed by atoms with van der Waals surface area (Å²) in [5.74, 6) is 0.145. The van der Waals surface area contributed by atoms with E-state index in [0.29, 0.717) is 24.2 Å². The predicted molar refractivity (Wildman–Crippen MR) is 64.3 cm³/mol. The number of Topliss-reactive ketones (excluding diaryl/α,β-unsaturated/α-hetero) is 1. The maximum Gasteiger partial charge on any atom is 0.295 e. The van der Waals surface area contributed by atoms with Gasteiger partial charge >= 0.3 is 0 Å². The molecule has 5 nitrogen and oxygen atoms in total. The summed E-state index contributed by atoms with van der Waals surface area (Å²) >= 11 is 0. The van der Waals surface area contributed by atoms with E-state index in [1.165, 1.54) is 0 Å². The highest BCUT2D eigenvalue weighted by molar-refractivity contribution is 5.86. The van der Waals surface area contributed by atoms with Crippen molar-refractivity contribution in [2.24, 2.45) is 0 Å². The summed E-state index contributed by atoms with van der Waals surface area (Å²) in [6.45, 7) is 2.70. The van der Waals surface area contributed by atoms with Crippen LogP contribution < -0.4 is 4.90 Å². The number of nitrogens with zero attached hydrogens (tertiary/aromatic N) is 2. The number of benzene rings is 1. The Labute approximate surface area is 99.2 Å². The van der Waals surface area contributed by atoms with Crippen LogP contribution in [-0.2, 0) is 4.79 Å². The van der Waals surface area contributed by atoms with Crippen molar-refractivity contribution in [3.05, 3.63) is 33.9 Å². The normalized spacial score (nSPS) is 16.1. The van der Waals surface area contributed by atoms with E-state index in [2.05, 4.69) is 0 Å². The molecule has 17 heavy (non-hydrogen) atoms. The lowest BCUT2D eigenvalue weighted by molar-refractivity contribution is -0.384. The molecule has 0 amide bonds. The lowest BCUT2D eigenvalue weighted by Gasteiger charge is -2.27. The predicted octanol–water partition coefficient (Wildman–Crippen LogP) is 2.07. The number of para-hydroxylation sites is 1. The fourth-order valence-electron chi connectivity index (χ4n) is 2.18. The van der Waals surface area contributed by atoms with Crippen molar-refractivity contribution in [1.29, 1.82) is 0 Å². The molecule has 0 atom stereocenters. The van der Waals surface area contributed by atoms with E-state index >= 15 is 0 Å². The molecule has 0 radical (unpaired) electrons. The van der Waals surface area contributed by atoms with E-state index < -0.39 is 0 Å². The van der Waals surface area contributed by atoms with E-state index in [1.807, 2.05) is 0 Å². The first-order chi connectivity index (χ1) is 8.09. The molecule has 0 aliphatic carbocycles. The number of nitro groups is 1. The summed E-state index contributed by atoms with van der Waals surface area (Å²) in [6.07, 6.45) is 1.35. The van der Waals surface area contributed by atoms with E-state index in [0.717, 1.165) is 6.42 Å². The third kappa shape index (κ3) is 2.27. The molecule has 0 aromatic heterocycles. The maximum absolute atomic E-state index is 11.4. The lowest BCUT2D eigenvalue weighted by Crippen LogP contribution is -2.35. The van der Waals surface area contributed by atoms with Crippen LogP contribution in [-0.4, -0.2) is 23.8 Å². The van der Waals surface area contributed by atoms with Gasteiger partial charge in [-0.2, -0.15) is 0 Å². The number of hydrogen-bond acceptors (Lipinski definition) is 4. The molecule has 2 rings (SSSR count). The van der Waals surface area contributed by atoms with Crippen molar-refractivity contribution >= 4 is 17.2 Å². The molecule has 0 saturated carbocycles. The number of anilines is 1. The van der Waals surface area contributed by atoms with Gasteiger partial charge in [0.1, 0.15) is 5.69 Å². The highest BCUT2D eigenvalue weighted by atomic mass is 16.6. The first-order valence-corrected chi connectivity index (χ1v) is 5.60. The topological polar surface area (TPSA) is 63.5 Å². The van der Waals surface area contributed by atoms with E-state index in [-0.39, 0.29) is 22.9 Å². The van der Waals surface area contributed by atoms with Crippen LogP contribution in [0.2, 0.25) is 0 Å². The van der Waals surface area contributed by atoms with Gasteiger partial charge in [-0.25, -0.2) is 0 Å². The van der Waals surface area contributed by atoms with Gasteiger partial charge in [0, 0.05) is 18.5 Å². The standard InChI is InChI=1S/C12H14N2O3/c1-9-4-2-6-11(12(9)14(16)17)13-7-3-5-10(15)8-13/h2,4,6H,3,5,7-8H2,1H3. The molecule has 90 valence electrons. The second kappa shape index (κ2) is 4.53. The summed E-state index contributed by atoms with van der Waals surface area (Å²) in [6, 6.07) is 5.22. The Morgan fingerprint density at radius 3 is 2.82 bits per heavy atom. The number of carbonyl (C=O) groups excluding carboxylic acids is 1. The zero-order chi connectivity index (χ0) is 12.4. The van der Waals surface area contributed by atoms with Gasteiger partial charge < -0.3 is 4.90 Å². The van der Waals surface area contributed by atoms with Crippen LogP contribution in [0.1, 0.15) is 18.4 Å². The lowest BCUT2D eigenvalue weighted by atomic mass is 10.1. The Bertz CT molecular complexity index is 471. The molecule has 5 heteroatoms. The van der Waals surface area contributed by atoms with Crippen LogP contribution >= 0.6 is 0 Å². The van der Waals surface area contributed by atoms with Gasteiger partial charge in [0.25, 0.3) is 5.69 Å². The Balaban J connectivity index is 2.40. The van der Waals surface area contributed by atoms with Crippen LogP contribution in [0.3, 0.4) is 0 Å². The number of carbonyl (C=O) groups is 1. The summed E-state index contributed by atoms with van der Waals surface area (Å²) in [7, 11) is 0. The minimum atomic E-state index is -0.371. The molecule has 1 saturated heterocycles. The van der Waals surface area contributed by atoms with E-state index in [9.17, 15) is 14.9 Å². The molecule has 1 heterocycles. The molecular weight excluding hydrogens is 220 g/mol. The second-order valence-corrected chi connectivity index (χ2v) is 4.26. The van der Waals surface area contributed by atoms with Crippen molar-refractivity contribution in [2.45, 2.75) is 19.8 Å². The Hall–Kier alpha value is -1.91. The van der Waals surface area contributed by atoms with Crippen molar-refractivity contribution in [3.8, 4) is 0 Å². The molecule has 1 aromatic carbocycles. The smallest absolute Gasteiger partial charge is 0.295 e. The van der Waals surface area contributed by atoms with E-state index in [4.69, 9.17) is 0 Å². The molecule has 0 spiro atoms. The first-order valence-electron chi connectivity index (χ1n) is 5.60. The third-order valence-corrected chi connectivity index (χ3v) is 2.99. The zero-order valence-electron chi connectivity index (χ0n) is 9.68. The molecular formula is C12H14N2O3. The summed E-state index contributed by atoms with van der Waals surface area (Å²) < 4.78 is 0. The quantitative estimate of drug-likeness (QED) is 0.580. The fourth-order valence-corrected chi connectivity index (χ4v) is 2.18. The first kappa shape index (κ1) is 11.6. The molecule has 1 aliphatic rings. The molecule has 1 aliphatic heterocycles. The van der Waals surface area contributed by atoms with Gasteiger partial charge in [0.2, 0.25) is 0 Å². The molecule has 0 N–H and O–H groups in total. The maximum atomic E-state index is 11.4. The average Bonchev–Trinajstić information content (AvgIpc) is 2.28. The van der Waals surface area contributed by atoms with Gasteiger partial charge in [0.05, 0.1) is 11.5 Å². The largest absolute Gasteiger partial charge is 0.359 e. The highest BCUT2D eigenvalue weighted by Crippen LogP contribution is 2.32. The van der Waals surface area contributed by atoms with Crippen LogP contribution in [0.4, 0.5) is 11.4 Å². The van der Waals surface area contributed by atoms with Crippen LogP contribution in [0.25, 0.3) is 0 Å². The molecule has 1 aromatic rings. The van der Waals surface area contributed by atoms with Crippen LogP contribution in [0.5, 0.6) is 0 Å². The van der Waals surface area contributed by atoms with Gasteiger partial charge in [-0.1, -0.05) is 12.1 Å². The minimum absolute atomic E-state index is 0.113. The van der Waals surface area contributed by atoms with Crippen LogP contribution in [0, 0.1) is 17.0 Å². The summed E-state index contributed by atoms with van der Waals surface area (Å²) in [5, 5.41) is 11.1. The molecule has 0 unspecified atom stereocenters. The van der Waals surface area contributed by atoms with Crippen molar-refractivity contribution in [3.63, 3.8) is 0 Å². The van der Waals surface area contributed by atoms with Gasteiger partial charge in [-0.3, -0.25) is 14.9 Å². The molecule has 1 fully saturated rings. The van der Waals surface area contributed by atoms with Crippen molar-refractivity contribution in [2.75, 3.05) is 18.0 Å². The summed E-state index contributed by atoms with van der Waals surface area (Å²) in [5.41, 5.74) is 1.30. The third-order valence-electron chi connectivity index (χ3n) is 2.99. The summed E-state index contributed by atoms with van der Waals surface area (Å²) in [4.78, 5) is 23.9. The number of piperidine rings is 1. The SMILES string of the molecule is Cc1cccc(N2CCCC(=O)C2)c1[N+](=O)[O-]. The Morgan fingerprint density at radius 1 is 1.41 bits per heavy atom. The molecule has 0 bridgehead atoms. The second-order valence-electron chi connectivity index (χ2n) is 4.26. The Kier molecular flexibility index (Phi) is 3.08. The van der Waals surface area contributed by atoms with Crippen molar-refractivity contribution in [1.82, 2.24) is 0 Å².